The first-order chi connectivity index (χ1) is 13.3. The van der Waals surface area contributed by atoms with E-state index in [1.807, 2.05) is 0 Å². The number of rotatable bonds is 5. The van der Waals surface area contributed by atoms with Crippen molar-refractivity contribution in [2.24, 2.45) is 0 Å². The summed E-state index contributed by atoms with van der Waals surface area (Å²) in [4.78, 5) is 41.2. The van der Waals surface area contributed by atoms with Gasteiger partial charge in [-0.25, -0.2) is 13.6 Å². The number of carbonyl (C=O) groups is 3. The minimum absolute atomic E-state index is 0.215. The highest BCUT2D eigenvalue weighted by molar-refractivity contribution is 6.15. The van der Waals surface area contributed by atoms with E-state index in [1.54, 1.807) is 19.1 Å². The van der Waals surface area contributed by atoms with E-state index in [2.05, 4.69) is 0 Å². The predicted molar refractivity (Wildman–Crippen MR) is 98.3 cm³/mol. The van der Waals surface area contributed by atoms with Crippen LogP contribution in [0.25, 0.3) is 0 Å². The molecule has 4 amide bonds. The molecule has 2 aromatic carbocycles. The molecule has 0 radical (unpaired) electrons. The number of urea groups is 1. The van der Waals surface area contributed by atoms with Crippen molar-refractivity contribution in [2.75, 3.05) is 18.5 Å². The van der Waals surface area contributed by atoms with Gasteiger partial charge in [-0.3, -0.25) is 19.4 Å². The van der Waals surface area contributed by atoms with Gasteiger partial charge in [0.2, 0.25) is 5.91 Å². The third-order valence-electron chi connectivity index (χ3n) is 4.60. The molecular weight excluding hydrogens is 368 g/mol. The molecule has 2 aromatic rings. The Hall–Kier alpha value is -3.29. The van der Waals surface area contributed by atoms with Crippen LogP contribution < -0.4 is 4.90 Å². The van der Waals surface area contributed by atoms with Gasteiger partial charge in [0, 0.05) is 19.3 Å². The average molecular weight is 387 g/mol. The van der Waals surface area contributed by atoms with Crippen molar-refractivity contribution in [3.63, 3.8) is 0 Å². The summed E-state index contributed by atoms with van der Waals surface area (Å²) in [7, 11) is 1.54. The zero-order valence-electron chi connectivity index (χ0n) is 15.4. The van der Waals surface area contributed by atoms with Gasteiger partial charge in [-0.2, -0.15) is 0 Å². The van der Waals surface area contributed by atoms with Gasteiger partial charge in [0.1, 0.15) is 24.2 Å². The Bertz CT molecular complexity index is 900. The minimum Gasteiger partial charge on any atom is -0.340 e. The first-order valence-electron chi connectivity index (χ1n) is 8.66. The van der Waals surface area contributed by atoms with Crippen molar-refractivity contribution in [3.8, 4) is 0 Å². The van der Waals surface area contributed by atoms with Gasteiger partial charge in [-0.05, 0) is 48.9 Å². The van der Waals surface area contributed by atoms with Crippen molar-refractivity contribution in [1.29, 1.82) is 0 Å². The fraction of sp³-hybridized carbons (Fsp3) is 0.250. The Morgan fingerprint density at radius 2 is 1.54 bits per heavy atom. The molecule has 8 heteroatoms. The van der Waals surface area contributed by atoms with Gasteiger partial charge in [-0.15, -0.1) is 0 Å². The third kappa shape index (κ3) is 3.85. The monoisotopic (exact) mass is 387 g/mol. The smallest absolute Gasteiger partial charge is 0.332 e. The quantitative estimate of drug-likeness (QED) is 0.742. The molecule has 1 heterocycles. The lowest BCUT2D eigenvalue weighted by molar-refractivity contribution is -0.136. The van der Waals surface area contributed by atoms with Crippen LogP contribution in [-0.2, 0) is 16.1 Å². The van der Waals surface area contributed by atoms with E-state index in [9.17, 15) is 23.2 Å². The molecule has 0 saturated carbocycles. The lowest BCUT2D eigenvalue weighted by atomic mass is 10.2. The van der Waals surface area contributed by atoms with Crippen molar-refractivity contribution in [2.45, 2.75) is 19.5 Å². The van der Waals surface area contributed by atoms with Crippen molar-refractivity contribution >= 4 is 23.5 Å². The second kappa shape index (κ2) is 7.75. The Morgan fingerprint density at radius 3 is 2.11 bits per heavy atom. The predicted octanol–water partition coefficient (Wildman–Crippen LogP) is 2.78. The Kier molecular flexibility index (Phi) is 5.39. The Labute approximate surface area is 160 Å². The van der Waals surface area contributed by atoms with E-state index in [0.717, 1.165) is 10.5 Å². The van der Waals surface area contributed by atoms with Gasteiger partial charge in [0.05, 0.1) is 0 Å². The second-order valence-electron chi connectivity index (χ2n) is 6.61. The number of likely N-dealkylation sites (N-methyl/N-ethyl adjacent to an activating group) is 1. The van der Waals surface area contributed by atoms with Gasteiger partial charge in [-0.1, -0.05) is 12.1 Å². The van der Waals surface area contributed by atoms with Crippen LogP contribution in [0.1, 0.15) is 12.5 Å². The third-order valence-corrected chi connectivity index (χ3v) is 4.60. The van der Waals surface area contributed by atoms with Crippen LogP contribution in [0.5, 0.6) is 0 Å². The summed E-state index contributed by atoms with van der Waals surface area (Å²) in [6.45, 7) is 1.36. The van der Waals surface area contributed by atoms with Crippen LogP contribution in [0.2, 0.25) is 0 Å². The van der Waals surface area contributed by atoms with Crippen LogP contribution in [0.3, 0.4) is 0 Å². The molecule has 0 bridgehead atoms. The van der Waals surface area contributed by atoms with E-state index in [1.165, 1.54) is 53.2 Å². The van der Waals surface area contributed by atoms with E-state index in [-0.39, 0.29) is 12.4 Å². The largest absolute Gasteiger partial charge is 0.340 e. The number of hydrogen-bond donors (Lipinski definition) is 0. The molecule has 0 aromatic heterocycles. The second-order valence-corrected chi connectivity index (χ2v) is 6.61. The summed E-state index contributed by atoms with van der Waals surface area (Å²) in [5, 5.41) is 0. The first-order valence-corrected chi connectivity index (χ1v) is 8.66. The molecule has 28 heavy (non-hydrogen) atoms. The fourth-order valence-electron chi connectivity index (χ4n) is 3.02. The van der Waals surface area contributed by atoms with Gasteiger partial charge >= 0.3 is 6.03 Å². The van der Waals surface area contributed by atoms with Gasteiger partial charge < -0.3 is 4.90 Å². The average Bonchev–Trinajstić information content (AvgIpc) is 2.88. The van der Waals surface area contributed by atoms with Crippen molar-refractivity contribution < 1.29 is 23.2 Å². The Morgan fingerprint density at radius 1 is 1.00 bits per heavy atom. The van der Waals surface area contributed by atoms with E-state index in [0.29, 0.717) is 5.69 Å². The number of nitrogens with zero attached hydrogens (tertiary/aromatic N) is 3. The molecule has 3 rings (SSSR count). The van der Waals surface area contributed by atoms with Crippen molar-refractivity contribution in [3.05, 3.63) is 65.7 Å². The molecule has 0 unspecified atom stereocenters. The van der Waals surface area contributed by atoms with Crippen LogP contribution in [-0.4, -0.2) is 47.3 Å². The first kappa shape index (κ1) is 19.5. The maximum absolute atomic E-state index is 13.1. The lowest BCUT2D eigenvalue weighted by Gasteiger charge is -2.21. The molecule has 146 valence electrons. The number of anilines is 1. The number of imide groups is 1. The molecule has 1 fully saturated rings. The van der Waals surface area contributed by atoms with Crippen LogP contribution in [0.15, 0.2) is 48.5 Å². The summed E-state index contributed by atoms with van der Waals surface area (Å²) in [5.74, 6) is -1.76. The fourth-order valence-corrected chi connectivity index (χ4v) is 3.02. The Balaban J connectivity index is 1.69. The van der Waals surface area contributed by atoms with Crippen LogP contribution in [0, 0.1) is 11.6 Å². The lowest BCUT2D eigenvalue weighted by Crippen LogP contribution is -2.42. The molecule has 1 atom stereocenters. The number of amides is 4. The highest BCUT2D eigenvalue weighted by Gasteiger charge is 2.44. The molecule has 6 nitrogen and oxygen atoms in total. The number of carbonyl (C=O) groups excluding carboxylic acids is 3. The number of hydrogen-bond acceptors (Lipinski definition) is 3. The van der Waals surface area contributed by atoms with E-state index >= 15 is 0 Å². The molecule has 0 N–H and O–H groups in total. The van der Waals surface area contributed by atoms with Crippen molar-refractivity contribution in [1.82, 2.24) is 9.80 Å². The van der Waals surface area contributed by atoms with E-state index in [4.69, 9.17) is 0 Å². The summed E-state index contributed by atoms with van der Waals surface area (Å²) in [6.07, 6.45) is 0. The number of benzene rings is 2. The molecular formula is C20H19F2N3O3. The van der Waals surface area contributed by atoms with Crippen LogP contribution in [0.4, 0.5) is 19.3 Å². The van der Waals surface area contributed by atoms with Crippen LogP contribution >= 0.6 is 0 Å². The van der Waals surface area contributed by atoms with E-state index < -0.39 is 36.2 Å². The molecule has 1 saturated heterocycles. The minimum atomic E-state index is -0.798. The maximum atomic E-state index is 13.1. The normalized spacial score (nSPS) is 16.6. The van der Waals surface area contributed by atoms with Gasteiger partial charge in [0.15, 0.2) is 0 Å². The molecule has 1 aliphatic rings. The zero-order chi connectivity index (χ0) is 20.4. The number of halogens is 2. The zero-order valence-corrected chi connectivity index (χ0v) is 15.4. The SMILES string of the molecule is C[C@@H]1C(=O)N(CC(=O)N(C)Cc2ccc(F)cc2)C(=O)N1c1ccc(F)cc1. The summed E-state index contributed by atoms with van der Waals surface area (Å²) in [6, 6.07) is 9.49. The standard InChI is InChI=1S/C20H19F2N3O3/c1-13-19(27)24(20(28)25(13)17-9-7-16(22)8-10-17)12-18(26)23(2)11-14-3-5-15(21)6-4-14/h3-10,13H,11-12H2,1-2H3/t13-/m1/s1. The highest BCUT2D eigenvalue weighted by atomic mass is 19.1. The maximum Gasteiger partial charge on any atom is 0.332 e. The summed E-state index contributed by atoms with van der Waals surface area (Å²) < 4.78 is 26.1. The molecule has 0 aliphatic carbocycles. The van der Waals surface area contributed by atoms with Gasteiger partial charge in [0.25, 0.3) is 5.91 Å². The highest BCUT2D eigenvalue weighted by Crippen LogP contribution is 2.26. The molecule has 0 spiro atoms. The topological polar surface area (TPSA) is 60.9 Å². The molecule has 1 aliphatic heterocycles. The summed E-state index contributed by atoms with van der Waals surface area (Å²) in [5.41, 5.74) is 1.10. The summed E-state index contributed by atoms with van der Waals surface area (Å²) >= 11 is 0.